The Bertz CT molecular complexity index is 594. The van der Waals surface area contributed by atoms with Crippen molar-refractivity contribution >= 4 is 31.9 Å². The summed E-state index contributed by atoms with van der Waals surface area (Å²) < 4.78 is 12.6. The zero-order chi connectivity index (χ0) is 15.2. The first-order valence-corrected chi connectivity index (χ1v) is 8.75. The van der Waals surface area contributed by atoms with Crippen LogP contribution in [-0.4, -0.2) is 6.61 Å². The number of halogens is 2. The lowest BCUT2D eigenvalue weighted by Crippen LogP contribution is -2.01. The van der Waals surface area contributed by atoms with Crippen LogP contribution in [0.5, 0.6) is 11.5 Å². The predicted octanol–water partition coefficient (Wildman–Crippen LogP) is 5.63. The van der Waals surface area contributed by atoms with Crippen LogP contribution >= 0.6 is 31.9 Å². The lowest BCUT2D eigenvalue weighted by molar-refractivity contribution is 0.267. The number of alkyl halides is 1. The smallest absolute Gasteiger partial charge is 0.175 e. The van der Waals surface area contributed by atoms with Crippen molar-refractivity contribution in [3.63, 3.8) is 0 Å². The van der Waals surface area contributed by atoms with Crippen molar-refractivity contribution in [1.29, 1.82) is 0 Å². The number of ether oxygens (including phenoxy) is 2. The Morgan fingerprint density at radius 2 is 1.71 bits per heavy atom. The van der Waals surface area contributed by atoms with Gasteiger partial charge in [-0.2, -0.15) is 0 Å². The summed E-state index contributed by atoms with van der Waals surface area (Å²) in [5.41, 5.74) is 3.53. The second-order valence-electron chi connectivity index (χ2n) is 4.75. The van der Waals surface area contributed by atoms with Crippen LogP contribution in [-0.2, 0) is 11.9 Å². The zero-order valence-corrected chi connectivity index (χ0v) is 15.3. The highest BCUT2D eigenvalue weighted by molar-refractivity contribution is 9.10. The van der Waals surface area contributed by atoms with Crippen LogP contribution in [0.25, 0.3) is 0 Å². The van der Waals surface area contributed by atoms with E-state index in [0.717, 1.165) is 32.4 Å². The van der Waals surface area contributed by atoms with E-state index in [2.05, 4.69) is 63.0 Å². The highest BCUT2D eigenvalue weighted by atomic mass is 79.9. The van der Waals surface area contributed by atoms with Crippen LogP contribution < -0.4 is 9.47 Å². The summed E-state index contributed by atoms with van der Waals surface area (Å²) in [6.45, 7) is 5.18. The van der Waals surface area contributed by atoms with Gasteiger partial charge in [-0.15, -0.1) is 0 Å². The third-order valence-electron chi connectivity index (χ3n) is 3.03. The maximum Gasteiger partial charge on any atom is 0.175 e. The van der Waals surface area contributed by atoms with Crippen molar-refractivity contribution < 1.29 is 9.47 Å². The van der Waals surface area contributed by atoms with E-state index in [-0.39, 0.29) is 0 Å². The third-order valence-corrected chi connectivity index (χ3v) is 4.26. The molecule has 4 heteroatoms. The molecule has 0 spiro atoms. The minimum Gasteiger partial charge on any atom is -0.490 e. The van der Waals surface area contributed by atoms with Crippen LogP contribution in [0.15, 0.2) is 40.9 Å². The Morgan fingerprint density at radius 1 is 1.00 bits per heavy atom. The molecule has 0 amide bonds. The standard InChI is InChI=1S/C17H18Br2O2/c1-3-20-16-9-14(10-18)8-15(19)17(16)21-11-13-6-4-12(2)5-7-13/h4-9H,3,10-11H2,1-2H3. The lowest BCUT2D eigenvalue weighted by atomic mass is 10.2. The van der Waals surface area contributed by atoms with E-state index >= 15 is 0 Å². The molecule has 2 aromatic carbocycles. The Labute approximate surface area is 142 Å². The van der Waals surface area contributed by atoms with Crippen LogP contribution in [0.2, 0.25) is 0 Å². The number of benzene rings is 2. The van der Waals surface area contributed by atoms with Gasteiger partial charge in [-0.25, -0.2) is 0 Å². The maximum absolute atomic E-state index is 5.96. The Kier molecular flexibility index (Phi) is 6.12. The van der Waals surface area contributed by atoms with E-state index in [1.54, 1.807) is 0 Å². The van der Waals surface area contributed by atoms with Gasteiger partial charge in [0.25, 0.3) is 0 Å². The quantitative estimate of drug-likeness (QED) is 0.571. The van der Waals surface area contributed by atoms with E-state index in [4.69, 9.17) is 9.47 Å². The second kappa shape index (κ2) is 7.85. The van der Waals surface area contributed by atoms with Crippen LogP contribution in [0.3, 0.4) is 0 Å². The van der Waals surface area contributed by atoms with Crippen molar-refractivity contribution in [3.8, 4) is 11.5 Å². The largest absolute Gasteiger partial charge is 0.490 e. The fourth-order valence-corrected chi connectivity index (χ4v) is 2.87. The summed E-state index contributed by atoms with van der Waals surface area (Å²) in [6, 6.07) is 12.4. The maximum atomic E-state index is 5.96. The molecule has 0 saturated carbocycles. The van der Waals surface area contributed by atoms with Crippen LogP contribution in [0, 0.1) is 6.92 Å². The monoisotopic (exact) mass is 412 g/mol. The number of hydrogen-bond donors (Lipinski definition) is 0. The molecule has 0 aromatic heterocycles. The molecule has 0 radical (unpaired) electrons. The van der Waals surface area contributed by atoms with Gasteiger partial charge in [-0.1, -0.05) is 45.8 Å². The van der Waals surface area contributed by atoms with Crippen LogP contribution in [0.1, 0.15) is 23.6 Å². The topological polar surface area (TPSA) is 18.5 Å². The molecule has 0 aliphatic carbocycles. The Balaban J connectivity index is 2.19. The number of aryl methyl sites for hydroxylation is 1. The SMILES string of the molecule is CCOc1cc(CBr)cc(Br)c1OCc1ccc(C)cc1. The molecule has 2 rings (SSSR count). The second-order valence-corrected chi connectivity index (χ2v) is 6.16. The molecule has 0 N–H and O–H groups in total. The molecule has 0 aliphatic heterocycles. The minimum absolute atomic E-state index is 0.520. The molecule has 0 fully saturated rings. The highest BCUT2D eigenvalue weighted by Crippen LogP contribution is 2.38. The molecule has 0 bridgehead atoms. The molecule has 2 nitrogen and oxygen atoms in total. The molecule has 0 atom stereocenters. The minimum atomic E-state index is 0.520. The predicted molar refractivity (Wildman–Crippen MR) is 93.5 cm³/mol. The van der Waals surface area contributed by atoms with Gasteiger partial charge in [0, 0.05) is 5.33 Å². The van der Waals surface area contributed by atoms with Gasteiger partial charge >= 0.3 is 0 Å². The molecular weight excluding hydrogens is 396 g/mol. The first-order valence-electron chi connectivity index (χ1n) is 6.83. The Hall–Kier alpha value is -1.00. The fourth-order valence-electron chi connectivity index (χ4n) is 1.94. The van der Waals surface area contributed by atoms with Crippen LogP contribution in [0.4, 0.5) is 0 Å². The summed E-state index contributed by atoms with van der Waals surface area (Å²) in [5.74, 6) is 1.52. The van der Waals surface area contributed by atoms with E-state index in [1.165, 1.54) is 5.56 Å². The van der Waals surface area contributed by atoms with Crippen molar-refractivity contribution in [3.05, 3.63) is 57.6 Å². The van der Waals surface area contributed by atoms with Gasteiger partial charge in [0.05, 0.1) is 11.1 Å². The van der Waals surface area contributed by atoms with E-state index < -0.39 is 0 Å². The summed E-state index contributed by atoms with van der Waals surface area (Å²) in [7, 11) is 0. The van der Waals surface area contributed by atoms with Gasteiger partial charge in [0.1, 0.15) is 6.61 Å². The van der Waals surface area contributed by atoms with Gasteiger partial charge < -0.3 is 9.47 Å². The molecule has 112 valence electrons. The molecule has 0 heterocycles. The highest BCUT2D eigenvalue weighted by Gasteiger charge is 2.12. The molecule has 0 unspecified atom stereocenters. The average molecular weight is 414 g/mol. The van der Waals surface area contributed by atoms with E-state index in [9.17, 15) is 0 Å². The van der Waals surface area contributed by atoms with Crippen molar-refractivity contribution in [1.82, 2.24) is 0 Å². The van der Waals surface area contributed by atoms with E-state index in [0.29, 0.717) is 13.2 Å². The van der Waals surface area contributed by atoms with Crippen molar-refractivity contribution in [2.24, 2.45) is 0 Å². The summed E-state index contributed by atoms with van der Waals surface area (Å²) in [4.78, 5) is 0. The lowest BCUT2D eigenvalue weighted by Gasteiger charge is -2.15. The van der Waals surface area contributed by atoms with Gasteiger partial charge in [-0.3, -0.25) is 0 Å². The third kappa shape index (κ3) is 4.48. The van der Waals surface area contributed by atoms with Crippen molar-refractivity contribution in [2.75, 3.05) is 6.61 Å². The number of rotatable bonds is 6. The van der Waals surface area contributed by atoms with Gasteiger partial charge in [0.15, 0.2) is 11.5 Å². The molecule has 0 aliphatic rings. The van der Waals surface area contributed by atoms with Gasteiger partial charge in [-0.05, 0) is 53.0 Å². The fraction of sp³-hybridized carbons (Fsp3) is 0.294. The molecule has 0 saturated heterocycles. The van der Waals surface area contributed by atoms with Gasteiger partial charge in [0.2, 0.25) is 0 Å². The number of hydrogen-bond acceptors (Lipinski definition) is 2. The molecule has 2 aromatic rings. The first-order chi connectivity index (χ1) is 10.1. The summed E-state index contributed by atoms with van der Waals surface area (Å²) in [6.07, 6.45) is 0. The molecule has 21 heavy (non-hydrogen) atoms. The Morgan fingerprint density at radius 3 is 2.33 bits per heavy atom. The van der Waals surface area contributed by atoms with Crippen molar-refractivity contribution in [2.45, 2.75) is 25.8 Å². The summed E-state index contributed by atoms with van der Waals surface area (Å²) in [5, 5.41) is 0.782. The molecular formula is C17H18Br2O2. The summed E-state index contributed by atoms with van der Waals surface area (Å²) >= 11 is 7.03. The van der Waals surface area contributed by atoms with E-state index in [1.807, 2.05) is 19.1 Å². The zero-order valence-electron chi connectivity index (χ0n) is 12.2. The first kappa shape index (κ1) is 16.4. The normalized spacial score (nSPS) is 10.5. The average Bonchev–Trinajstić information content (AvgIpc) is 2.48.